The number of aromatic nitrogens is 1. The van der Waals surface area contributed by atoms with E-state index in [4.69, 9.17) is 5.11 Å². The van der Waals surface area contributed by atoms with E-state index in [1.807, 2.05) is 31.2 Å². The molecule has 3 aliphatic rings. The number of aromatic amines is 1. The van der Waals surface area contributed by atoms with E-state index in [-0.39, 0.29) is 29.2 Å². The van der Waals surface area contributed by atoms with E-state index in [1.54, 1.807) is 6.07 Å². The van der Waals surface area contributed by atoms with Crippen LogP contribution in [-0.2, 0) is 11.2 Å². The summed E-state index contributed by atoms with van der Waals surface area (Å²) in [5.41, 5.74) is 3.77. The molecule has 164 valence electrons. The first-order chi connectivity index (χ1) is 15.3. The van der Waals surface area contributed by atoms with E-state index in [1.165, 1.54) is 12.1 Å². The van der Waals surface area contributed by atoms with Gasteiger partial charge in [-0.25, -0.2) is 18.0 Å². The minimum Gasteiger partial charge on any atom is -0.478 e. The van der Waals surface area contributed by atoms with E-state index in [2.05, 4.69) is 9.88 Å². The van der Waals surface area contributed by atoms with Gasteiger partial charge < -0.3 is 10.1 Å². The molecule has 3 aromatic rings. The number of carbonyl (C=O) groups is 1. The van der Waals surface area contributed by atoms with Crippen molar-refractivity contribution in [1.82, 2.24) is 9.88 Å². The first-order valence-corrected chi connectivity index (χ1v) is 10.8. The summed E-state index contributed by atoms with van der Waals surface area (Å²) in [6, 6.07) is 9.81. The van der Waals surface area contributed by atoms with E-state index in [0.29, 0.717) is 6.42 Å². The van der Waals surface area contributed by atoms with Crippen LogP contribution in [0.1, 0.15) is 53.3 Å². The number of carboxylic acids is 1. The monoisotopic (exact) mass is 438 g/mol. The van der Waals surface area contributed by atoms with Crippen LogP contribution in [0.3, 0.4) is 0 Å². The van der Waals surface area contributed by atoms with Gasteiger partial charge in [0.2, 0.25) is 0 Å². The largest absolute Gasteiger partial charge is 0.478 e. The topological polar surface area (TPSA) is 56.3 Å². The van der Waals surface area contributed by atoms with Gasteiger partial charge in [0.05, 0.1) is 12.0 Å². The van der Waals surface area contributed by atoms with Crippen LogP contribution in [0.25, 0.3) is 17.0 Å². The Balaban J connectivity index is 1.61. The first-order valence-electron chi connectivity index (χ1n) is 10.8. The molecule has 7 heteroatoms. The summed E-state index contributed by atoms with van der Waals surface area (Å²) in [5, 5.41) is 10.0. The summed E-state index contributed by atoms with van der Waals surface area (Å²) in [4.78, 5) is 16.4. The molecule has 1 aliphatic carbocycles. The van der Waals surface area contributed by atoms with Crippen LogP contribution in [0.15, 0.2) is 42.5 Å². The highest BCUT2D eigenvalue weighted by Crippen LogP contribution is 2.61. The first kappa shape index (κ1) is 19.6. The third-order valence-electron chi connectivity index (χ3n) is 7.34. The number of benzene rings is 2. The Kier molecular flexibility index (Phi) is 3.97. The third-order valence-corrected chi connectivity index (χ3v) is 7.34. The summed E-state index contributed by atoms with van der Waals surface area (Å²) in [6.07, 6.45) is 2.60. The van der Waals surface area contributed by atoms with Crippen molar-refractivity contribution in [2.24, 2.45) is 0 Å². The highest BCUT2D eigenvalue weighted by molar-refractivity contribution is 5.86. The van der Waals surface area contributed by atoms with Crippen LogP contribution in [0.4, 0.5) is 13.2 Å². The van der Waals surface area contributed by atoms with E-state index < -0.39 is 35.7 Å². The fraction of sp³-hybridized carbons (Fsp3) is 0.320. The minimum atomic E-state index is -2.92. The summed E-state index contributed by atoms with van der Waals surface area (Å²) in [6.45, 7) is 2.03. The molecule has 2 aliphatic heterocycles. The molecular formula is C25H21F3N2O2. The van der Waals surface area contributed by atoms with E-state index >= 15 is 4.39 Å². The number of H-pyrrole nitrogens is 1. The van der Waals surface area contributed by atoms with Crippen molar-refractivity contribution in [1.29, 1.82) is 0 Å². The molecule has 32 heavy (non-hydrogen) atoms. The minimum absolute atomic E-state index is 0.0190. The van der Waals surface area contributed by atoms with Gasteiger partial charge in [-0.2, -0.15) is 0 Å². The zero-order valence-corrected chi connectivity index (χ0v) is 17.3. The van der Waals surface area contributed by atoms with E-state index in [0.717, 1.165) is 28.2 Å². The maximum atomic E-state index is 15.6. The molecule has 1 aromatic heterocycles. The highest BCUT2D eigenvalue weighted by atomic mass is 19.3. The molecule has 2 N–H and O–H groups in total. The number of rotatable bonds is 2. The Morgan fingerprint density at radius 1 is 1.28 bits per heavy atom. The zero-order chi connectivity index (χ0) is 22.4. The van der Waals surface area contributed by atoms with Crippen LogP contribution in [0.2, 0.25) is 0 Å². The maximum Gasteiger partial charge on any atom is 0.328 e. The Hall–Kier alpha value is -3.06. The standard InChI is InChI=1S/C25H21F3N2O2/c1-12-8-15-14-4-2-3-5-18(14)29-23(15)24-21-16(22-19(30(12)24)11-25(22,27)28)9-13(10-17(21)26)6-7-20(31)32/h2-7,9-10,12,19,22,24,29H,8,11H2,1H3,(H,31,32)/b7-6+/t12-,19?,22?,24-/m1/s1. The van der Waals surface area contributed by atoms with Gasteiger partial charge in [0.25, 0.3) is 5.92 Å². The second-order valence-electron chi connectivity index (χ2n) is 9.15. The summed E-state index contributed by atoms with van der Waals surface area (Å²) in [5.74, 6) is -5.78. The fourth-order valence-electron chi connectivity index (χ4n) is 6.12. The smallest absolute Gasteiger partial charge is 0.328 e. The number of nitrogens with one attached hydrogen (secondary N) is 1. The molecule has 0 bridgehead atoms. The molecule has 2 unspecified atom stereocenters. The van der Waals surface area contributed by atoms with Crippen LogP contribution < -0.4 is 0 Å². The lowest BCUT2D eigenvalue weighted by atomic mass is 9.63. The summed E-state index contributed by atoms with van der Waals surface area (Å²) >= 11 is 0. The number of carboxylic acid groups (broad SMARTS) is 1. The van der Waals surface area contributed by atoms with E-state index in [9.17, 15) is 13.6 Å². The highest BCUT2D eigenvalue weighted by Gasteiger charge is 2.64. The molecule has 1 fully saturated rings. The molecule has 6 rings (SSSR count). The van der Waals surface area contributed by atoms with Crippen LogP contribution in [-0.4, -0.2) is 39.0 Å². The molecule has 4 nitrogen and oxygen atoms in total. The lowest BCUT2D eigenvalue weighted by Gasteiger charge is -2.59. The van der Waals surface area contributed by atoms with Gasteiger partial charge in [0.1, 0.15) is 5.82 Å². The number of fused-ring (bicyclic) bond motifs is 10. The summed E-state index contributed by atoms with van der Waals surface area (Å²) < 4.78 is 45.2. The number of nitrogens with zero attached hydrogens (tertiary/aromatic N) is 1. The number of hydrogen-bond donors (Lipinski definition) is 2. The molecule has 0 amide bonds. The number of hydrogen-bond acceptors (Lipinski definition) is 2. The second-order valence-corrected chi connectivity index (χ2v) is 9.15. The van der Waals surface area contributed by atoms with Crippen molar-refractivity contribution in [3.8, 4) is 0 Å². The number of para-hydroxylation sites is 1. The quantitative estimate of drug-likeness (QED) is 0.538. The van der Waals surface area contributed by atoms with Gasteiger partial charge in [0.15, 0.2) is 0 Å². The molecule has 0 radical (unpaired) electrons. The van der Waals surface area contributed by atoms with Gasteiger partial charge in [-0.1, -0.05) is 24.3 Å². The molecule has 0 spiro atoms. The molecule has 0 saturated heterocycles. The van der Waals surface area contributed by atoms with Crippen molar-refractivity contribution in [3.63, 3.8) is 0 Å². The predicted molar refractivity (Wildman–Crippen MR) is 114 cm³/mol. The van der Waals surface area contributed by atoms with Crippen molar-refractivity contribution in [2.75, 3.05) is 0 Å². The Labute approximate surface area is 182 Å². The number of halogens is 3. The van der Waals surface area contributed by atoms with Gasteiger partial charge in [-0.15, -0.1) is 0 Å². The molecule has 3 heterocycles. The molecule has 1 saturated carbocycles. The maximum absolute atomic E-state index is 15.6. The van der Waals surface area contributed by atoms with Gasteiger partial charge >= 0.3 is 5.97 Å². The molecular weight excluding hydrogens is 417 g/mol. The van der Waals surface area contributed by atoms with Crippen LogP contribution in [0, 0.1) is 5.82 Å². The van der Waals surface area contributed by atoms with Gasteiger partial charge in [-0.05, 0) is 48.2 Å². The fourth-order valence-corrected chi connectivity index (χ4v) is 6.12. The summed E-state index contributed by atoms with van der Waals surface area (Å²) in [7, 11) is 0. The third kappa shape index (κ3) is 2.57. The Morgan fingerprint density at radius 3 is 2.81 bits per heavy atom. The van der Waals surface area contributed by atoms with Gasteiger partial charge in [0, 0.05) is 46.7 Å². The zero-order valence-electron chi connectivity index (χ0n) is 17.3. The van der Waals surface area contributed by atoms with Crippen molar-refractivity contribution in [2.45, 2.75) is 49.7 Å². The van der Waals surface area contributed by atoms with Crippen LogP contribution >= 0.6 is 0 Å². The molecule has 4 atom stereocenters. The normalized spacial score (nSPS) is 28.0. The second kappa shape index (κ2) is 6.48. The number of alkyl halides is 2. The van der Waals surface area contributed by atoms with Crippen molar-refractivity contribution < 1.29 is 23.1 Å². The lowest BCUT2D eigenvalue weighted by molar-refractivity contribution is -0.170. The van der Waals surface area contributed by atoms with Crippen LogP contribution in [0.5, 0.6) is 0 Å². The van der Waals surface area contributed by atoms with Crippen molar-refractivity contribution >= 4 is 22.9 Å². The lowest BCUT2D eigenvalue weighted by Crippen LogP contribution is -2.64. The predicted octanol–water partition coefficient (Wildman–Crippen LogP) is 5.25. The number of aliphatic carboxylic acids is 1. The Morgan fingerprint density at radius 2 is 2.06 bits per heavy atom. The SMILES string of the molecule is C[C@@H]1Cc2c([nH]c3ccccc23)[C@H]2c3c(F)cc(/C=C/C(=O)O)cc3C3C(CC3(F)F)N21. The van der Waals surface area contributed by atoms with Crippen molar-refractivity contribution in [3.05, 3.63) is 76.2 Å². The molecule has 2 aromatic carbocycles. The average Bonchev–Trinajstić information content (AvgIpc) is 3.09. The van der Waals surface area contributed by atoms with Gasteiger partial charge in [-0.3, -0.25) is 4.90 Å². The Bertz CT molecular complexity index is 1310. The average molecular weight is 438 g/mol.